The molecule has 1 saturated carbocycles. The Balaban J connectivity index is 1.85. The number of allylic oxidation sites excluding steroid dienone is 3. The molecule has 0 amide bonds. The number of nitrogens with zero attached hydrogens (tertiary/aromatic N) is 3. The lowest BCUT2D eigenvalue weighted by Gasteiger charge is -2.37. The van der Waals surface area contributed by atoms with Crippen LogP contribution in [0.5, 0.6) is 0 Å². The van der Waals surface area contributed by atoms with E-state index >= 15 is 0 Å². The maximum atomic E-state index is 13.0. The summed E-state index contributed by atoms with van der Waals surface area (Å²) in [6.45, 7) is 4.10. The second kappa shape index (κ2) is 6.01. The summed E-state index contributed by atoms with van der Waals surface area (Å²) in [6, 6.07) is 4.42. The van der Waals surface area contributed by atoms with Gasteiger partial charge in [-0.2, -0.15) is 10.4 Å². The fraction of sp³-hybridized carbons (Fsp3) is 0.550. The van der Waals surface area contributed by atoms with Crippen molar-refractivity contribution in [1.82, 2.24) is 9.78 Å². The standard InChI is InChI=1S/C20H24N4O2/c1-20(2)9-15(25)18-16(10-20)26-19(22)13(11-21)17(18)14-7-8-23-24(14)12-5-3-4-6-12/h7-8,12,17H,3-6,9-10,22H2,1-2H3. The Morgan fingerprint density at radius 3 is 2.77 bits per heavy atom. The minimum atomic E-state index is -0.476. The number of nitrogens with two attached hydrogens (primary N) is 1. The van der Waals surface area contributed by atoms with Gasteiger partial charge in [0, 0.05) is 24.6 Å². The van der Waals surface area contributed by atoms with Gasteiger partial charge in [-0.3, -0.25) is 9.48 Å². The van der Waals surface area contributed by atoms with Crippen molar-refractivity contribution in [2.75, 3.05) is 0 Å². The van der Waals surface area contributed by atoms with E-state index in [-0.39, 0.29) is 17.1 Å². The highest BCUT2D eigenvalue weighted by Crippen LogP contribution is 2.48. The Hall–Kier alpha value is -2.55. The number of ketones is 1. The van der Waals surface area contributed by atoms with Gasteiger partial charge in [-0.1, -0.05) is 26.7 Å². The number of carbonyl (C=O) groups excluding carboxylic acids is 1. The van der Waals surface area contributed by atoms with Crippen LogP contribution in [0.2, 0.25) is 0 Å². The van der Waals surface area contributed by atoms with E-state index in [1.165, 1.54) is 12.8 Å². The molecule has 2 heterocycles. The minimum Gasteiger partial charge on any atom is -0.444 e. The van der Waals surface area contributed by atoms with Gasteiger partial charge in [0.05, 0.1) is 17.7 Å². The summed E-state index contributed by atoms with van der Waals surface area (Å²) < 4.78 is 7.76. The number of aromatic nitrogens is 2. The smallest absolute Gasteiger partial charge is 0.205 e. The summed E-state index contributed by atoms with van der Waals surface area (Å²) in [5.41, 5.74) is 7.70. The molecule has 0 saturated heterocycles. The molecule has 1 aliphatic heterocycles. The van der Waals surface area contributed by atoms with Gasteiger partial charge in [-0.25, -0.2) is 0 Å². The summed E-state index contributed by atoms with van der Waals surface area (Å²) in [5.74, 6) is 0.295. The van der Waals surface area contributed by atoms with E-state index in [2.05, 4.69) is 25.0 Å². The van der Waals surface area contributed by atoms with Gasteiger partial charge in [-0.15, -0.1) is 0 Å². The van der Waals surface area contributed by atoms with E-state index in [0.717, 1.165) is 18.5 Å². The maximum absolute atomic E-state index is 13.0. The molecule has 1 atom stereocenters. The first-order valence-corrected chi connectivity index (χ1v) is 9.28. The fourth-order valence-electron chi connectivity index (χ4n) is 4.59. The van der Waals surface area contributed by atoms with Crippen molar-refractivity contribution in [1.29, 1.82) is 5.26 Å². The SMILES string of the molecule is CC1(C)CC(=O)C2=C(C1)OC(N)=C(C#N)C2c1ccnn1C1CCCC1. The number of rotatable bonds is 2. The van der Waals surface area contributed by atoms with E-state index in [0.29, 0.717) is 35.8 Å². The molecule has 2 aliphatic carbocycles. The zero-order chi connectivity index (χ0) is 18.5. The number of hydrogen-bond donors (Lipinski definition) is 1. The summed E-state index contributed by atoms with van der Waals surface area (Å²) in [4.78, 5) is 13.0. The van der Waals surface area contributed by atoms with Crippen LogP contribution in [0.15, 0.2) is 35.1 Å². The van der Waals surface area contributed by atoms with E-state index in [4.69, 9.17) is 10.5 Å². The molecule has 3 aliphatic rings. The van der Waals surface area contributed by atoms with Gasteiger partial charge < -0.3 is 10.5 Å². The lowest BCUT2D eigenvalue weighted by Crippen LogP contribution is -2.34. The van der Waals surface area contributed by atoms with Crippen molar-refractivity contribution in [3.8, 4) is 6.07 Å². The molecule has 0 radical (unpaired) electrons. The highest BCUT2D eigenvalue weighted by molar-refractivity contribution is 5.99. The average molecular weight is 352 g/mol. The lowest BCUT2D eigenvalue weighted by atomic mass is 9.71. The van der Waals surface area contributed by atoms with Crippen LogP contribution < -0.4 is 5.73 Å². The Bertz CT molecular complexity index is 863. The molecule has 0 bridgehead atoms. The number of Topliss-reactive ketones (excluding diaryl/α,β-unsaturated/α-hetero) is 1. The summed E-state index contributed by atoms with van der Waals surface area (Å²) >= 11 is 0. The molecule has 1 fully saturated rings. The van der Waals surface area contributed by atoms with E-state index < -0.39 is 5.92 Å². The fourth-order valence-corrected chi connectivity index (χ4v) is 4.59. The van der Waals surface area contributed by atoms with Crippen molar-refractivity contribution in [2.24, 2.45) is 11.1 Å². The highest BCUT2D eigenvalue weighted by atomic mass is 16.5. The van der Waals surface area contributed by atoms with Crippen molar-refractivity contribution in [3.63, 3.8) is 0 Å². The van der Waals surface area contributed by atoms with Crippen molar-refractivity contribution >= 4 is 5.78 Å². The zero-order valence-corrected chi connectivity index (χ0v) is 15.3. The van der Waals surface area contributed by atoms with E-state index in [1.54, 1.807) is 6.20 Å². The average Bonchev–Trinajstić information content (AvgIpc) is 3.23. The quantitative estimate of drug-likeness (QED) is 0.880. The number of hydrogen-bond acceptors (Lipinski definition) is 5. The second-order valence-electron chi connectivity index (χ2n) is 8.34. The molecule has 1 aromatic rings. The van der Waals surface area contributed by atoms with Gasteiger partial charge in [0.25, 0.3) is 0 Å². The third kappa shape index (κ3) is 2.63. The first kappa shape index (κ1) is 16.9. The summed E-state index contributed by atoms with van der Waals surface area (Å²) in [7, 11) is 0. The van der Waals surface area contributed by atoms with Gasteiger partial charge >= 0.3 is 0 Å². The van der Waals surface area contributed by atoms with Crippen LogP contribution in [0.25, 0.3) is 0 Å². The Kier molecular flexibility index (Phi) is 3.91. The van der Waals surface area contributed by atoms with Crippen molar-refractivity contribution in [3.05, 3.63) is 40.7 Å². The number of carbonyl (C=O) groups is 1. The van der Waals surface area contributed by atoms with Crippen molar-refractivity contribution in [2.45, 2.75) is 64.3 Å². The molecule has 136 valence electrons. The minimum absolute atomic E-state index is 0.0423. The largest absolute Gasteiger partial charge is 0.444 e. The molecule has 0 spiro atoms. The summed E-state index contributed by atoms with van der Waals surface area (Å²) in [6.07, 6.45) is 7.36. The Morgan fingerprint density at radius 1 is 1.35 bits per heavy atom. The molecular weight excluding hydrogens is 328 g/mol. The third-order valence-electron chi connectivity index (χ3n) is 5.74. The molecule has 6 heteroatoms. The van der Waals surface area contributed by atoms with Gasteiger partial charge in [0.2, 0.25) is 5.88 Å². The van der Waals surface area contributed by atoms with Crippen LogP contribution >= 0.6 is 0 Å². The molecule has 6 nitrogen and oxygen atoms in total. The Labute approximate surface area is 153 Å². The Morgan fingerprint density at radius 2 is 2.08 bits per heavy atom. The number of ether oxygens (including phenoxy) is 1. The molecule has 1 unspecified atom stereocenters. The molecule has 0 aromatic carbocycles. The maximum Gasteiger partial charge on any atom is 0.205 e. The van der Waals surface area contributed by atoms with Crippen LogP contribution in [-0.2, 0) is 9.53 Å². The van der Waals surface area contributed by atoms with Gasteiger partial charge in [0.15, 0.2) is 5.78 Å². The van der Waals surface area contributed by atoms with Crippen molar-refractivity contribution < 1.29 is 9.53 Å². The number of nitriles is 1. The van der Waals surface area contributed by atoms with Crippen LogP contribution in [0.3, 0.4) is 0 Å². The van der Waals surface area contributed by atoms with Crippen LogP contribution in [0, 0.1) is 16.7 Å². The normalized spacial score (nSPS) is 25.9. The van der Waals surface area contributed by atoms with Crippen LogP contribution in [0.1, 0.15) is 70.0 Å². The monoisotopic (exact) mass is 352 g/mol. The predicted molar refractivity (Wildman–Crippen MR) is 95.4 cm³/mol. The van der Waals surface area contributed by atoms with Gasteiger partial charge in [0.1, 0.15) is 17.4 Å². The second-order valence-corrected chi connectivity index (χ2v) is 8.34. The van der Waals surface area contributed by atoms with E-state index in [1.807, 2.05) is 10.7 Å². The third-order valence-corrected chi connectivity index (χ3v) is 5.74. The first-order valence-electron chi connectivity index (χ1n) is 9.28. The summed E-state index contributed by atoms with van der Waals surface area (Å²) in [5, 5.41) is 14.3. The predicted octanol–water partition coefficient (Wildman–Crippen LogP) is 3.45. The topological polar surface area (TPSA) is 93.9 Å². The van der Waals surface area contributed by atoms with Gasteiger partial charge in [-0.05, 0) is 24.3 Å². The highest BCUT2D eigenvalue weighted by Gasteiger charge is 2.44. The molecule has 26 heavy (non-hydrogen) atoms. The lowest BCUT2D eigenvalue weighted by molar-refractivity contribution is -0.119. The molecular formula is C20H24N4O2. The van der Waals surface area contributed by atoms with E-state index in [9.17, 15) is 10.1 Å². The van der Waals surface area contributed by atoms with Crippen LogP contribution in [-0.4, -0.2) is 15.6 Å². The molecule has 2 N–H and O–H groups in total. The molecule has 4 rings (SSSR count). The first-order chi connectivity index (χ1) is 12.4. The van der Waals surface area contributed by atoms with Crippen LogP contribution in [0.4, 0.5) is 0 Å². The molecule has 1 aromatic heterocycles. The zero-order valence-electron chi connectivity index (χ0n) is 15.3.